The van der Waals surface area contributed by atoms with Gasteiger partial charge in [0.2, 0.25) is 17.6 Å². The second kappa shape index (κ2) is 7.71. The molecule has 0 aliphatic rings. The van der Waals surface area contributed by atoms with Crippen molar-refractivity contribution in [3.8, 4) is 11.6 Å². The first kappa shape index (κ1) is 17.9. The minimum Gasteiger partial charge on any atom is -0.461 e. The SMILES string of the molecule is O=C(Cc1c[nH]c2ccccc12)Nc1ccccc1Cc1nc(-c2ccco2)no1. The number of hydrogen-bond acceptors (Lipinski definition) is 5. The van der Waals surface area contributed by atoms with Crippen LogP contribution in [-0.2, 0) is 17.6 Å². The van der Waals surface area contributed by atoms with Crippen LogP contribution >= 0.6 is 0 Å². The molecule has 2 N–H and O–H groups in total. The molecule has 0 bridgehead atoms. The summed E-state index contributed by atoms with van der Waals surface area (Å²) in [6, 6.07) is 19.1. The molecule has 0 atom stereocenters. The fourth-order valence-corrected chi connectivity index (χ4v) is 3.44. The van der Waals surface area contributed by atoms with Crippen LogP contribution in [0.3, 0.4) is 0 Å². The highest BCUT2D eigenvalue weighted by Gasteiger charge is 2.15. The van der Waals surface area contributed by atoms with Gasteiger partial charge in [-0.3, -0.25) is 4.79 Å². The number of rotatable bonds is 6. The third-order valence-electron chi connectivity index (χ3n) is 4.87. The maximum atomic E-state index is 12.7. The zero-order valence-corrected chi connectivity index (χ0v) is 16.0. The molecule has 3 aromatic heterocycles. The number of amides is 1. The van der Waals surface area contributed by atoms with E-state index < -0.39 is 0 Å². The number of H-pyrrole nitrogens is 1. The number of nitrogens with one attached hydrogen (secondary N) is 2. The van der Waals surface area contributed by atoms with Crippen molar-refractivity contribution in [1.82, 2.24) is 15.1 Å². The number of aromatic nitrogens is 3. The maximum Gasteiger partial charge on any atom is 0.238 e. The average molecular weight is 398 g/mol. The third-order valence-corrected chi connectivity index (χ3v) is 4.87. The number of carbonyl (C=O) groups is 1. The molecule has 7 heteroatoms. The molecule has 7 nitrogen and oxygen atoms in total. The molecule has 0 fully saturated rings. The number of anilines is 1. The van der Waals surface area contributed by atoms with Gasteiger partial charge in [-0.1, -0.05) is 41.6 Å². The number of carbonyl (C=O) groups excluding carboxylic acids is 1. The largest absolute Gasteiger partial charge is 0.461 e. The molecular weight excluding hydrogens is 380 g/mol. The minimum atomic E-state index is -0.0889. The summed E-state index contributed by atoms with van der Waals surface area (Å²) in [5, 5.41) is 8.01. The lowest BCUT2D eigenvalue weighted by atomic mass is 10.1. The van der Waals surface area contributed by atoms with Crippen molar-refractivity contribution in [2.45, 2.75) is 12.8 Å². The number of fused-ring (bicyclic) bond motifs is 1. The van der Waals surface area contributed by atoms with E-state index in [1.807, 2.05) is 54.7 Å². The van der Waals surface area contributed by atoms with E-state index in [-0.39, 0.29) is 12.3 Å². The molecule has 3 heterocycles. The van der Waals surface area contributed by atoms with Crippen LogP contribution in [0.4, 0.5) is 5.69 Å². The van der Waals surface area contributed by atoms with Crippen molar-refractivity contribution in [3.05, 3.63) is 90.1 Å². The highest BCUT2D eigenvalue weighted by atomic mass is 16.5. The summed E-state index contributed by atoms with van der Waals surface area (Å²) in [4.78, 5) is 20.3. The first-order chi connectivity index (χ1) is 14.8. The van der Waals surface area contributed by atoms with Gasteiger partial charge in [0.25, 0.3) is 0 Å². The fraction of sp³-hybridized carbons (Fsp3) is 0.0870. The van der Waals surface area contributed by atoms with Crippen LogP contribution in [0.15, 0.2) is 82.1 Å². The maximum absolute atomic E-state index is 12.7. The normalized spacial score (nSPS) is 11.1. The number of benzene rings is 2. The van der Waals surface area contributed by atoms with Crippen molar-refractivity contribution < 1.29 is 13.7 Å². The van der Waals surface area contributed by atoms with Crippen molar-refractivity contribution in [2.24, 2.45) is 0 Å². The topological polar surface area (TPSA) is 97.0 Å². The predicted octanol–water partition coefficient (Wildman–Crippen LogP) is 4.58. The number of nitrogens with zero attached hydrogens (tertiary/aromatic N) is 2. The lowest BCUT2D eigenvalue weighted by Gasteiger charge is -2.09. The van der Waals surface area contributed by atoms with Gasteiger partial charge in [0.05, 0.1) is 19.1 Å². The average Bonchev–Trinajstić information content (AvgIpc) is 3.51. The van der Waals surface area contributed by atoms with Crippen LogP contribution in [-0.4, -0.2) is 21.0 Å². The summed E-state index contributed by atoms with van der Waals surface area (Å²) in [7, 11) is 0. The second-order valence-corrected chi connectivity index (χ2v) is 6.91. The van der Waals surface area contributed by atoms with E-state index >= 15 is 0 Å². The van der Waals surface area contributed by atoms with Crippen molar-refractivity contribution in [2.75, 3.05) is 5.32 Å². The third kappa shape index (κ3) is 3.60. The molecule has 0 aliphatic heterocycles. The summed E-state index contributed by atoms with van der Waals surface area (Å²) in [5.41, 5.74) is 3.59. The monoisotopic (exact) mass is 398 g/mol. The van der Waals surface area contributed by atoms with E-state index in [0.717, 1.165) is 27.7 Å². The molecule has 2 aromatic carbocycles. The Kier molecular flexibility index (Phi) is 4.61. The summed E-state index contributed by atoms with van der Waals surface area (Å²) < 4.78 is 10.6. The Morgan fingerprint density at radius 2 is 1.87 bits per heavy atom. The first-order valence-corrected chi connectivity index (χ1v) is 9.55. The van der Waals surface area contributed by atoms with Gasteiger partial charge in [0.15, 0.2) is 5.76 Å². The van der Waals surface area contributed by atoms with Crippen LogP contribution in [0.5, 0.6) is 0 Å². The molecule has 1 amide bonds. The molecule has 0 unspecified atom stereocenters. The van der Waals surface area contributed by atoms with Crippen molar-refractivity contribution in [3.63, 3.8) is 0 Å². The molecule has 0 aliphatic carbocycles. The van der Waals surface area contributed by atoms with Gasteiger partial charge in [0, 0.05) is 22.8 Å². The Bertz CT molecular complexity index is 1300. The summed E-state index contributed by atoms with van der Waals surface area (Å²) in [6.07, 6.45) is 4.12. The number of hydrogen-bond donors (Lipinski definition) is 2. The Balaban J connectivity index is 1.32. The highest BCUT2D eigenvalue weighted by molar-refractivity contribution is 5.96. The van der Waals surface area contributed by atoms with Crippen LogP contribution in [0.2, 0.25) is 0 Å². The summed E-state index contributed by atoms with van der Waals surface area (Å²) in [6.45, 7) is 0. The van der Waals surface area contributed by atoms with E-state index in [1.54, 1.807) is 18.4 Å². The Morgan fingerprint density at radius 1 is 1.00 bits per heavy atom. The van der Waals surface area contributed by atoms with Crippen molar-refractivity contribution in [1.29, 1.82) is 0 Å². The minimum absolute atomic E-state index is 0.0889. The van der Waals surface area contributed by atoms with Gasteiger partial charge >= 0.3 is 0 Å². The Labute approximate surface area is 171 Å². The fourth-order valence-electron chi connectivity index (χ4n) is 3.44. The number of furan rings is 1. The summed E-state index contributed by atoms with van der Waals surface area (Å²) in [5.74, 6) is 1.30. The molecular formula is C23H18N4O3. The summed E-state index contributed by atoms with van der Waals surface area (Å²) >= 11 is 0. The van der Waals surface area contributed by atoms with Gasteiger partial charge in [-0.15, -0.1) is 0 Å². The molecule has 5 aromatic rings. The van der Waals surface area contributed by atoms with Crippen LogP contribution < -0.4 is 5.32 Å². The Hall–Kier alpha value is -4.13. The molecule has 0 saturated carbocycles. The molecule has 0 radical (unpaired) electrons. The van der Waals surface area contributed by atoms with Crippen LogP contribution in [0.25, 0.3) is 22.5 Å². The lowest BCUT2D eigenvalue weighted by molar-refractivity contribution is -0.115. The predicted molar refractivity (Wildman–Crippen MR) is 112 cm³/mol. The van der Waals surface area contributed by atoms with Crippen LogP contribution in [0, 0.1) is 0 Å². The van der Waals surface area contributed by atoms with E-state index in [4.69, 9.17) is 8.94 Å². The number of aromatic amines is 1. The van der Waals surface area contributed by atoms with Gasteiger partial charge in [-0.25, -0.2) is 0 Å². The van der Waals surface area contributed by atoms with Gasteiger partial charge in [0.1, 0.15) is 0 Å². The van der Waals surface area contributed by atoms with Gasteiger partial charge < -0.3 is 19.2 Å². The zero-order chi connectivity index (χ0) is 20.3. The van der Waals surface area contributed by atoms with Gasteiger partial charge in [-0.05, 0) is 35.4 Å². The quantitative estimate of drug-likeness (QED) is 0.436. The molecule has 5 rings (SSSR count). The molecule has 30 heavy (non-hydrogen) atoms. The molecule has 0 saturated heterocycles. The lowest BCUT2D eigenvalue weighted by Crippen LogP contribution is -2.15. The number of para-hydroxylation sites is 2. The van der Waals surface area contributed by atoms with E-state index in [9.17, 15) is 4.79 Å². The molecule has 148 valence electrons. The van der Waals surface area contributed by atoms with Gasteiger partial charge in [-0.2, -0.15) is 4.98 Å². The van der Waals surface area contributed by atoms with Crippen LogP contribution in [0.1, 0.15) is 17.0 Å². The Morgan fingerprint density at radius 3 is 2.77 bits per heavy atom. The van der Waals surface area contributed by atoms with E-state index in [2.05, 4.69) is 20.4 Å². The van der Waals surface area contributed by atoms with E-state index in [1.165, 1.54) is 0 Å². The van der Waals surface area contributed by atoms with Crippen molar-refractivity contribution >= 4 is 22.5 Å². The standard InChI is InChI=1S/C23H18N4O3/c28-21(12-16-14-24-19-9-4-2-7-17(16)19)25-18-8-3-1-6-15(18)13-22-26-23(27-30-22)20-10-5-11-29-20/h1-11,14,24H,12-13H2,(H,25,28). The zero-order valence-electron chi connectivity index (χ0n) is 16.0. The smallest absolute Gasteiger partial charge is 0.238 e. The first-order valence-electron chi connectivity index (χ1n) is 9.55. The second-order valence-electron chi connectivity index (χ2n) is 6.91. The molecule has 0 spiro atoms. The highest BCUT2D eigenvalue weighted by Crippen LogP contribution is 2.22. The van der Waals surface area contributed by atoms with E-state index in [0.29, 0.717) is 23.9 Å².